The first-order valence-electron chi connectivity index (χ1n) is 8.23. The number of benzene rings is 2. The predicted molar refractivity (Wildman–Crippen MR) is 108 cm³/mol. The molecule has 4 nitrogen and oxygen atoms in total. The van der Waals surface area contributed by atoms with Gasteiger partial charge in [-0.05, 0) is 37.8 Å². The number of para-hydroxylation sites is 1. The van der Waals surface area contributed by atoms with Crippen LogP contribution in [0.25, 0.3) is 0 Å². The lowest BCUT2D eigenvalue weighted by atomic mass is 10.0. The zero-order valence-corrected chi connectivity index (χ0v) is 14.7. The molecule has 4 heteroatoms. The number of hydrogen-bond donors (Lipinski definition) is 2. The van der Waals surface area contributed by atoms with Gasteiger partial charge >= 0.3 is 0 Å². The van der Waals surface area contributed by atoms with Crippen molar-refractivity contribution < 1.29 is 0 Å². The van der Waals surface area contributed by atoms with Crippen LogP contribution in [0.4, 0.5) is 22.7 Å². The Morgan fingerprint density at radius 2 is 1.80 bits per heavy atom. The van der Waals surface area contributed by atoms with Crippen LogP contribution in [0.5, 0.6) is 0 Å². The average Bonchev–Trinajstić information content (AvgIpc) is 2.62. The Bertz CT molecular complexity index is 918. The normalized spacial score (nSPS) is 16.1. The average molecular weight is 331 g/mol. The van der Waals surface area contributed by atoms with E-state index >= 15 is 0 Å². The molecule has 0 bridgehead atoms. The SMILES string of the molecule is C=Nc1cc(C)c(N)cc1[N+](=C1C=C(N)C(C)=CC1)c1ccccc1. The van der Waals surface area contributed by atoms with Gasteiger partial charge in [-0.15, -0.1) is 0 Å². The van der Waals surface area contributed by atoms with Gasteiger partial charge in [-0.25, -0.2) is 0 Å². The summed E-state index contributed by atoms with van der Waals surface area (Å²) < 4.78 is 2.15. The molecule has 126 valence electrons. The number of rotatable bonds is 3. The van der Waals surface area contributed by atoms with E-state index in [1.54, 1.807) is 0 Å². The van der Waals surface area contributed by atoms with Gasteiger partial charge in [0.25, 0.3) is 0 Å². The number of allylic oxidation sites excluding steroid dienone is 3. The molecular weight excluding hydrogens is 308 g/mol. The summed E-state index contributed by atoms with van der Waals surface area (Å²) in [5.74, 6) is 0. The minimum absolute atomic E-state index is 0.725. The van der Waals surface area contributed by atoms with Crippen LogP contribution in [-0.2, 0) is 0 Å². The third kappa shape index (κ3) is 3.24. The summed E-state index contributed by atoms with van der Waals surface area (Å²) >= 11 is 0. The minimum atomic E-state index is 0.725. The fourth-order valence-electron chi connectivity index (χ4n) is 2.92. The van der Waals surface area contributed by atoms with E-state index in [0.29, 0.717) is 0 Å². The molecule has 2 aromatic carbocycles. The van der Waals surface area contributed by atoms with Crippen LogP contribution in [0.3, 0.4) is 0 Å². The molecule has 0 amide bonds. The molecule has 1 aliphatic carbocycles. The Balaban J connectivity index is 2.32. The number of nitrogens with two attached hydrogens (primary N) is 2. The number of hydrogen-bond acceptors (Lipinski definition) is 3. The van der Waals surface area contributed by atoms with Crippen LogP contribution < -0.4 is 16.0 Å². The molecular formula is C21H23N4+. The van der Waals surface area contributed by atoms with Crippen molar-refractivity contribution in [2.45, 2.75) is 20.3 Å². The fraction of sp³-hybridized carbons (Fsp3) is 0.143. The van der Waals surface area contributed by atoms with Crippen molar-refractivity contribution in [3.63, 3.8) is 0 Å². The Labute approximate surface area is 148 Å². The van der Waals surface area contributed by atoms with Crippen LogP contribution in [0.1, 0.15) is 18.9 Å². The van der Waals surface area contributed by atoms with Gasteiger partial charge in [0.15, 0.2) is 5.71 Å². The van der Waals surface area contributed by atoms with Crippen LogP contribution >= 0.6 is 0 Å². The molecule has 0 fully saturated rings. The molecule has 3 rings (SSSR count). The van der Waals surface area contributed by atoms with E-state index in [1.807, 2.05) is 50.3 Å². The van der Waals surface area contributed by atoms with E-state index in [1.165, 1.54) is 0 Å². The molecule has 0 spiro atoms. The third-order valence-corrected chi connectivity index (χ3v) is 4.47. The van der Waals surface area contributed by atoms with Crippen molar-refractivity contribution in [2.75, 3.05) is 5.73 Å². The van der Waals surface area contributed by atoms with Crippen molar-refractivity contribution in [1.29, 1.82) is 0 Å². The maximum absolute atomic E-state index is 6.19. The van der Waals surface area contributed by atoms with E-state index in [-0.39, 0.29) is 0 Å². The van der Waals surface area contributed by atoms with Crippen molar-refractivity contribution >= 4 is 35.2 Å². The molecule has 0 saturated carbocycles. The lowest BCUT2D eigenvalue weighted by Gasteiger charge is -2.14. The Hall–Kier alpha value is -3.14. The molecule has 0 saturated heterocycles. The second-order valence-electron chi connectivity index (χ2n) is 6.21. The summed E-state index contributed by atoms with van der Waals surface area (Å²) in [5.41, 5.74) is 19.7. The van der Waals surface area contributed by atoms with Crippen molar-refractivity contribution in [2.24, 2.45) is 10.7 Å². The standard InChI is InChI=1S/C21H22N4/c1-14-9-10-17(12-18(14)22)25(16-7-5-4-6-8-16)21-13-19(23)15(2)11-20(21)24-3/h4-9,11-13,22H,3,10,23H2,1-2H3/p+1. The summed E-state index contributed by atoms with van der Waals surface area (Å²) in [6, 6.07) is 14.1. The van der Waals surface area contributed by atoms with Gasteiger partial charge in [-0.2, -0.15) is 4.58 Å². The van der Waals surface area contributed by atoms with Crippen molar-refractivity contribution in [1.82, 2.24) is 4.58 Å². The lowest BCUT2D eigenvalue weighted by Crippen LogP contribution is -2.19. The summed E-state index contributed by atoms with van der Waals surface area (Å²) in [7, 11) is 0. The molecule has 0 aliphatic heterocycles. The van der Waals surface area contributed by atoms with Gasteiger partial charge in [0.1, 0.15) is 5.69 Å². The maximum atomic E-state index is 6.19. The second-order valence-corrected chi connectivity index (χ2v) is 6.21. The fourth-order valence-corrected chi connectivity index (χ4v) is 2.92. The summed E-state index contributed by atoms with van der Waals surface area (Å²) in [6.07, 6.45) is 4.94. The second kappa shape index (κ2) is 6.77. The first-order chi connectivity index (χ1) is 12.0. The van der Waals surface area contributed by atoms with E-state index in [9.17, 15) is 0 Å². The zero-order valence-electron chi connectivity index (χ0n) is 14.7. The van der Waals surface area contributed by atoms with E-state index in [2.05, 4.69) is 34.5 Å². The predicted octanol–water partition coefficient (Wildman–Crippen LogP) is 4.38. The van der Waals surface area contributed by atoms with Gasteiger partial charge in [0.05, 0.1) is 6.42 Å². The van der Waals surface area contributed by atoms with Crippen LogP contribution in [0.15, 0.2) is 70.9 Å². The maximum Gasteiger partial charge on any atom is 0.239 e. The molecule has 0 aromatic heterocycles. The van der Waals surface area contributed by atoms with Gasteiger partial charge in [-0.3, -0.25) is 4.99 Å². The van der Waals surface area contributed by atoms with E-state index in [0.717, 1.165) is 51.7 Å². The van der Waals surface area contributed by atoms with Crippen LogP contribution in [0, 0.1) is 6.92 Å². The van der Waals surface area contributed by atoms with Gasteiger partial charge in [-0.1, -0.05) is 24.3 Å². The number of anilines is 1. The lowest BCUT2D eigenvalue weighted by molar-refractivity contribution is 1.05. The molecule has 1 aliphatic rings. The highest BCUT2D eigenvalue weighted by atomic mass is 15.0. The molecule has 0 heterocycles. The molecule has 25 heavy (non-hydrogen) atoms. The first-order valence-corrected chi connectivity index (χ1v) is 8.23. The van der Waals surface area contributed by atoms with Gasteiger partial charge in [0, 0.05) is 35.7 Å². The van der Waals surface area contributed by atoms with Crippen molar-refractivity contribution in [3.05, 3.63) is 71.5 Å². The minimum Gasteiger partial charge on any atom is -0.398 e. The Kier molecular flexibility index (Phi) is 4.52. The van der Waals surface area contributed by atoms with Crippen molar-refractivity contribution in [3.8, 4) is 0 Å². The molecule has 2 aromatic rings. The third-order valence-electron chi connectivity index (χ3n) is 4.47. The summed E-state index contributed by atoms with van der Waals surface area (Å²) in [5, 5.41) is 0. The monoisotopic (exact) mass is 331 g/mol. The molecule has 4 N–H and O–H groups in total. The first kappa shape index (κ1) is 16.7. The quantitative estimate of drug-likeness (QED) is 0.498. The number of nitrogens with zero attached hydrogens (tertiary/aromatic N) is 2. The highest BCUT2D eigenvalue weighted by molar-refractivity contribution is 6.03. The highest BCUT2D eigenvalue weighted by Crippen LogP contribution is 2.35. The molecule has 0 atom stereocenters. The summed E-state index contributed by atoms with van der Waals surface area (Å²) in [4.78, 5) is 4.22. The van der Waals surface area contributed by atoms with E-state index < -0.39 is 0 Å². The molecule has 0 unspecified atom stereocenters. The zero-order chi connectivity index (χ0) is 18.0. The molecule has 0 radical (unpaired) electrons. The topological polar surface area (TPSA) is 67.4 Å². The van der Waals surface area contributed by atoms with Crippen LogP contribution in [-0.4, -0.2) is 12.4 Å². The van der Waals surface area contributed by atoms with Gasteiger partial charge in [0.2, 0.25) is 11.4 Å². The smallest absolute Gasteiger partial charge is 0.239 e. The number of nitrogen functional groups attached to an aromatic ring is 1. The number of aliphatic imine (C=N–C) groups is 1. The largest absolute Gasteiger partial charge is 0.398 e. The Morgan fingerprint density at radius 3 is 2.44 bits per heavy atom. The highest BCUT2D eigenvalue weighted by Gasteiger charge is 2.25. The summed E-state index contributed by atoms with van der Waals surface area (Å²) in [6.45, 7) is 7.73. The van der Waals surface area contributed by atoms with E-state index in [4.69, 9.17) is 11.5 Å². The Morgan fingerprint density at radius 1 is 1.08 bits per heavy atom. The van der Waals surface area contributed by atoms with Gasteiger partial charge < -0.3 is 11.5 Å². The number of aryl methyl sites for hydroxylation is 1. The van der Waals surface area contributed by atoms with Crippen LogP contribution in [0.2, 0.25) is 0 Å².